The van der Waals surface area contributed by atoms with Crippen molar-refractivity contribution >= 4 is 23.4 Å². The highest BCUT2D eigenvalue weighted by Gasteiger charge is 1.95. The Bertz CT molecular complexity index is 411. The van der Waals surface area contributed by atoms with Gasteiger partial charge in [0.25, 0.3) is 0 Å². The summed E-state index contributed by atoms with van der Waals surface area (Å²) in [5, 5.41) is 0.794. The van der Waals surface area contributed by atoms with Crippen LogP contribution in [0.5, 0.6) is 0 Å². The monoisotopic (exact) mass is 252 g/mol. The lowest BCUT2D eigenvalue weighted by Crippen LogP contribution is -1.95. The van der Waals surface area contributed by atoms with Gasteiger partial charge in [-0.15, -0.1) is 11.8 Å². The molecule has 1 aromatic carbocycles. The highest BCUT2D eigenvalue weighted by Crippen LogP contribution is 2.20. The molecule has 0 fully saturated rings. The molecular weight excluding hydrogens is 240 g/mol. The molecule has 2 aromatic rings. The predicted molar refractivity (Wildman–Crippen MR) is 69.0 cm³/mol. The number of aryl methyl sites for hydroxylation is 1. The zero-order chi connectivity index (χ0) is 11.2. The maximum absolute atomic E-state index is 5.82. The van der Waals surface area contributed by atoms with Crippen LogP contribution in [0.4, 0.5) is 0 Å². The van der Waals surface area contributed by atoms with Gasteiger partial charge < -0.3 is 4.57 Å². The number of hydrogen-bond donors (Lipinski definition) is 0. The molecule has 0 radical (unpaired) electrons. The number of thioether (sulfide) groups is 1. The average molecular weight is 253 g/mol. The first-order valence-electron chi connectivity index (χ1n) is 5.19. The van der Waals surface area contributed by atoms with E-state index in [-0.39, 0.29) is 0 Å². The Balaban J connectivity index is 1.70. The molecular formula is C12H13ClN2S. The normalized spacial score (nSPS) is 10.6. The first-order valence-corrected chi connectivity index (χ1v) is 6.55. The number of benzene rings is 1. The van der Waals surface area contributed by atoms with Gasteiger partial charge in [-0.1, -0.05) is 11.6 Å². The third kappa shape index (κ3) is 3.58. The quantitative estimate of drug-likeness (QED) is 0.596. The summed E-state index contributed by atoms with van der Waals surface area (Å²) in [6.45, 7) is 1.03. The van der Waals surface area contributed by atoms with Gasteiger partial charge in [-0.3, -0.25) is 0 Å². The first kappa shape index (κ1) is 11.6. The van der Waals surface area contributed by atoms with Gasteiger partial charge in [0.2, 0.25) is 0 Å². The molecule has 0 aliphatic heterocycles. The third-order valence-electron chi connectivity index (χ3n) is 2.20. The van der Waals surface area contributed by atoms with Crippen LogP contribution in [0.1, 0.15) is 6.42 Å². The van der Waals surface area contributed by atoms with E-state index in [4.69, 9.17) is 11.6 Å². The molecule has 1 heterocycles. The summed E-state index contributed by atoms with van der Waals surface area (Å²) < 4.78 is 2.10. The molecule has 0 spiro atoms. The van der Waals surface area contributed by atoms with Gasteiger partial charge in [-0.25, -0.2) is 4.98 Å². The van der Waals surface area contributed by atoms with E-state index in [9.17, 15) is 0 Å². The van der Waals surface area contributed by atoms with Crippen molar-refractivity contribution in [1.82, 2.24) is 9.55 Å². The lowest BCUT2D eigenvalue weighted by atomic mass is 10.4. The fraction of sp³-hybridized carbons (Fsp3) is 0.250. The molecule has 0 atom stereocenters. The molecule has 0 N–H and O–H groups in total. The van der Waals surface area contributed by atoms with Crippen molar-refractivity contribution in [2.45, 2.75) is 17.9 Å². The van der Waals surface area contributed by atoms with E-state index in [1.807, 2.05) is 42.6 Å². The zero-order valence-electron chi connectivity index (χ0n) is 8.84. The van der Waals surface area contributed by atoms with Crippen molar-refractivity contribution in [3.05, 3.63) is 48.0 Å². The highest BCUT2D eigenvalue weighted by molar-refractivity contribution is 7.99. The van der Waals surface area contributed by atoms with E-state index in [1.165, 1.54) is 4.90 Å². The molecule has 0 unspecified atom stereocenters. The Morgan fingerprint density at radius 3 is 2.75 bits per heavy atom. The van der Waals surface area contributed by atoms with Crippen LogP contribution < -0.4 is 0 Å². The van der Waals surface area contributed by atoms with Gasteiger partial charge >= 0.3 is 0 Å². The van der Waals surface area contributed by atoms with Crippen LogP contribution in [0, 0.1) is 0 Å². The molecule has 0 saturated heterocycles. The number of rotatable bonds is 5. The van der Waals surface area contributed by atoms with Crippen LogP contribution in [0.3, 0.4) is 0 Å². The van der Waals surface area contributed by atoms with Gasteiger partial charge in [-0.05, 0) is 36.4 Å². The zero-order valence-corrected chi connectivity index (χ0v) is 10.4. The second kappa shape index (κ2) is 5.97. The molecule has 0 aliphatic carbocycles. The second-order valence-corrected chi connectivity index (χ2v) is 5.06. The molecule has 84 valence electrons. The summed E-state index contributed by atoms with van der Waals surface area (Å²) in [7, 11) is 0. The van der Waals surface area contributed by atoms with E-state index in [1.54, 1.807) is 0 Å². The van der Waals surface area contributed by atoms with E-state index >= 15 is 0 Å². The molecule has 0 aliphatic rings. The van der Waals surface area contributed by atoms with Crippen molar-refractivity contribution in [2.24, 2.45) is 0 Å². The maximum Gasteiger partial charge on any atom is 0.0945 e. The van der Waals surface area contributed by atoms with Crippen LogP contribution in [0.25, 0.3) is 0 Å². The van der Waals surface area contributed by atoms with Crippen LogP contribution in [-0.4, -0.2) is 15.3 Å². The fourth-order valence-corrected chi connectivity index (χ4v) is 2.35. The van der Waals surface area contributed by atoms with Gasteiger partial charge in [0.1, 0.15) is 0 Å². The van der Waals surface area contributed by atoms with Crippen LogP contribution in [0.15, 0.2) is 47.9 Å². The Morgan fingerprint density at radius 1 is 1.25 bits per heavy atom. The van der Waals surface area contributed by atoms with Crippen molar-refractivity contribution in [3.63, 3.8) is 0 Å². The Kier molecular flexibility index (Phi) is 4.31. The predicted octanol–water partition coefficient (Wildman–Crippen LogP) is 3.72. The summed E-state index contributed by atoms with van der Waals surface area (Å²) in [4.78, 5) is 5.28. The number of hydrogen-bond acceptors (Lipinski definition) is 2. The third-order valence-corrected chi connectivity index (χ3v) is 3.55. The van der Waals surface area contributed by atoms with Crippen molar-refractivity contribution in [1.29, 1.82) is 0 Å². The Hall–Kier alpha value is -0.930. The smallest absolute Gasteiger partial charge is 0.0945 e. The minimum atomic E-state index is 0.794. The van der Waals surface area contributed by atoms with Gasteiger partial charge in [0.05, 0.1) is 6.33 Å². The summed E-state index contributed by atoms with van der Waals surface area (Å²) in [5.74, 6) is 1.11. The molecule has 2 nitrogen and oxygen atoms in total. The topological polar surface area (TPSA) is 17.8 Å². The van der Waals surface area contributed by atoms with E-state index in [0.29, 0.717) is 0 Å². The largest absolute Gasteiger partial charge is 0.337 e. The van der Waals surface area contributed by atoms with E-state index in [0.717, 1.165) is 23.7 Å². The summed E-state index contributed by atoms with van der Waals surface area (Å²) in [6.07, 6.45) is 6.80. The van der Waals surface area contributed by atoms with Crippen molar-refractivity contribution < 1.29 is 0 Å². The molecule has 0 amide bonds. The maximum atomic E-state index is 5.82. The molecule has 4 heteroatoms. The summed E-state index contributed by atoms with van der Waals surface area (Å²) in [6, 6.07) is 7.98. The molecule has 0 saturated carbocycles. The Labute approximate surface area is 105 Å². The first-order chi connectivity index (χ1) is 7.84. The summed E-state index contributed by atoms with van der Waals surface area (Å²) in [5.41, 5.74) is 0. The fourth-order valence-electron chi connectivity index (χ4n) is 1.39. The molecule has 0 bridgehead atoms. The minimum absolute atomic E-state index is 0.794. The number of nitrogens with zero attached hydrogens (tertiary/aromatic N) is 2. The van der Waals surface area contributed by atoms with Gasteiger partial charge in [0.15, 0.2) is 0 Å². The van der Waals surface area contributed by atoms with E-state index in [2.05, 4.69) is 21.7 Å². The molecule has 2 rings (SSSR count). The van der Waals surface area contributed by atoms with Crippen LogP contribution in [-0.2, 0) is 6.54 Å². The van der Waals surface area contributed by atoms with Crippen LogP contribution in [0.2, 0.25) is 5.02 Å². The molecule has 1 aromatic heterocycles. The number of imidazole rings is 1. The van der Waals surface area contributed by atoms with Crippen LogP contribution >= 0.6 is 23.4 Å². The lowest BCUT2D eigenvalue weighted by Gasteiger charge is -2.02. The van der Waals surface area contributed by atoms with Gasteiger partial charge in [-0.2, -0.15) is 0 Å². The van der Waals surface area contributed by atoms with Crippen molar-refractivity contribution in [3.8, 4) is 0 Å². The number of aromatic nitrogens is 2. The van der Waals surface area contributed by atoms with E-state index < -0.39 is 0 Å². The van der Waals surface area contributed by atoms with Crippen molar-refractivity contribution in [2.75, 3.05) is 5.75 Å². The standard InChI is InChI=1S/C12H13ClN2S/c13-11-2-4-12(5-3-11)16-9-1-7-15-8-6-14-10-15/h2-6,8,10H,1,7,9H2. The number of halogens is 1. The SMILES string of the molecule is Clc1ccc(SCCCn2ccnc2)cc1. The highest BCUT2D eigenvalue weighted by atomic mass is 35.5. The Morgan fingerprint density at radius 2 is 2.06 bits per heavy atom. The average Bonchev–Trinajstić information content (AvgIpc) is 2.80. The summed E-state index contributed by atoms with van der Waals surface area (Å²) >= 11 is 7.68. The lowest BCUT2D eigenvalue weighted by molar-refractivity contribution is 0.683. The van der Waals surface area contributed by atoms with Gasteiger partial charge in [0, 0.05) is 28.9 Å². The molecule has 16 heavy (non-hydrogen) atoms. The minimum Gasteiger partial charge on any atom is -0.337 e. The second-order valence-electron chi connectivity index (χ2n) is 3.46.